The number of carbonyl (C=O) groups excluding carboxylic acids is 1. The number of hydrogen-bond acceptors (Lipinski definition) is 2. The molecule has 3 nitrogen and oxygen atoms in total. The standard InChI is InChI=1S/C14H22N2O/c1-10-8-9-12(14(10,2)15)16-13(17)11-6-4-3-5-7-11/h8-9,11H,3-7,15H2,1-2H3,(H,16,17). The molecular weight excluding hydrogens is 212 g/mol. The molecular formula is C14H22N2O. The van der Waals surface area contributed by atoms with E-state index in [0.717, 1.165) is 24.1 Å². The number of nitrogens with one attached hydrogen (secondary N) is 1. The monoisotopic (exact) mass is 234 g/mol. The number of nitrogens with two attached hydrogens (primary N) is 1. The number of rotatable bonds is 2. The third-order valence-corrected chi connectivity index (χ3v) is 4.11. The Hall–Kier alpha value is -1.09. The molecule has 2 aliphatic rings. The molecule has 2 rings (SSSR count). The minimum atomic E-state index is -0.510. The predicted molar refractivity (Wildman–Crippen MR) is 69.2 cm³/mol. The number of allylic oxidation sites excluding steroid dienone is 2. The quantitative estimate of drug-likeness (QED) is 0.770. The van der Waals surface area contributed by atoms with E-state index in [1.807, 2.05) is 26.0 Å². The molecule has 3 heteroatoms. The van der Waals surface area contributed by atoms with Crippen molar-refractivity contribution < 1.29 is 4.79 Å². The highest BCUT2D eigenvalue weighted by Crippen LogP contribution is 2.28. The van der Waals surface area contributed by atoms with Gasteiger partial charge in [-0.3, -0.25) is 4.79 Å². The van der Waals surface area contributed by atoms with E-state index < -0.39 is 5.54 Å². The first-order chi connectivity index (χ1) is 8.01. The van der Waals surface area contributed by atoms with E-state index in [2.05, 4.69) is 5.32 Å². The van der Waals surface area contributed by atoms with Gasteiger partial charge in [0.15, 0.2) is 0 Å². The largest absolute Gasteiger partial charge is 0.327 e. The lowest BCUT2D eigenvalue weighted by atomic mass is 9.88. The van der Waals surface area contributed by atoms with Crippen LogP contribution < -0.4 is 11.1 Å². The van der Waals surface area contributed by atoms with E-state index in [4.69, 9.17) is 5.73 Å². The molecule has 0 radical (unpaired) electrons. The van der Waals surface area contributed by atoms with Crippen LogP contribution in [0.15, 0.2) is 23.4 Å². The summed E-state index contributed by atoms with van der Waals surface area (Å²) in [5.41, 5.74) is 7.61. The van der Waals surface area contributed by atoms with Crippen molar-refractivity contribution in [2.45, 2.75) is 51.5 Å². The van der Waals surface area contributed by atoms with Crippen LogP contribution in [-0.2, 0) is 4.79 Å². The summed E-state index contributed by atoms with van der Waals surface area (Å²) in [6.45, 7) is 3.94. The molecule has 0 aliphatic heterocycles. The Bertz CT molecular complexity index is 374. The van der Waals surface area contributed by atoms with E-state index in [0.29, 0.717) is 0 Å². The molecule has 0 spiro atoms. The molecule has 0 aromatic heterocycles. The molecule has 1 fully saturated rings. The third-order valence-electron chi connectivity index (χ3n) is 4.11. The van der Waals surface area contributed by atoms with Gasteiger partial charge in [-0.05, 0) is 38.3 Å². The predicted octanol–water partition coefficient (Wildman–Crippen LogP) is 2.24. The summed E-state index contributed by atoms with van der Waals surface area (Å²) in [7, 11) is 0. The molecule has 0 bridgehead atoms. The molecule has 3 N–H and O–H groups in total. The lowest BCUT2D eigenvalue weighted by Gasteiger charge is -2.28. The minimum absolute atomic E-state index is 0.149. The lowest BCUT2D eigenvalue weighted by molar-refractivity contribution is -0.125. The van der Waals surface area contributed by atoms with Crippen LogP contribution in [0.4, 0.5) is 0 Å². The van der Waals surface area contributed by atoms with Crippen LogP contribution in [0.3, 0.4) is 0 Å². The summed E-state index contributed by atoms with van der Waals surface area (Å²) in [5, 5.41) is 3.01. The summed E-state index contributed by atoms with van der Waals surface area (Å²) in [6.07, 6.45) is 9.57. The van der Waals surface area contributed by atoms with Crippen molar-refractivity contribution in [2.75, 3.05) is 0 Å². The first-order valence-corrected chi connectivity index (χ1v) is 6.51. The van der Waals surface area contributed by atoms with Crippen molar-refractivity contribution >= 4 is 5.91 Å². The van der Waals surface area contributed by atoms with E-state index in [9.17, 15) is 4.79 Å². The van der Waals surface area contributed by atoms with Gasteiger partial charge in [-0.25, -0.2) is 0 Å². The molecule has 1 saturated carbocycles. The fourth-order valence-electron chi connectivity index (χ4n) is 2.54. The second-order valence-electron chi connectivity index (χ2n) is 5.46. The van der Waals surface area contributed by atoms with E-state index >= 15 is 0 Å². The molecule has 0 aromatic carbocycles. The van der Waals surface area contributed by atoms with Crippen LogP contribution in [-0.4, -0.2) is 11.4 Å². The van der Waals surface area contributed by atoms with E-state index in [1.165, 1.54) is 19.3 Å². The van der Waals surface area contributed by atoms with Gasteiger partial charge in [0, 0.05) is 11.6 Å². The van der Waals surface area contributed by atoms with Crippen molar-refractivity contribution in [3.8, 4) is 0 Å². The lowest BCUT2D eigenvalue weighted by Crippen LogP contribution is -2.46. The van der Waals surface area contributed by atoms with Crippen LogP contribution in [0.2, 0.25) is 0 Å². The van der Waals surface area contributed by atoms with Crippen LogP contribution in [0.5, 0.6) is 0 Å². The maximum absolute atomic E-state index is 12.1. The van der Waals surface area contributed by atoms with Gasteiger partial charge in [0.05, 0.1) is 5.54 Å². The Morgan fingerprint density at radius 3 is 2.53 bits per heavy atom. The summed E-state index contributed by atoms with van der Waals surface area (Å²) in [5.74, 6) is 0.331. The molecule has 1 unspecified atom stereocenters. The van der Waals surface area contributed by atoms with Gasteiger partial charge >= 0.3 is 0 Å². The van der Waals surface area contributed by atoms with Gasteiger partial charge < -0.3 is 11.1 Å². The van der Waals surface area contributed by atoms with Crippen LogP contribution in [0, 0.1) is 5.92 Å². The fourth-order valence-corrected chi connectivity index (χ4v) is 2.54. The molecule has 2 aliphatic carbocycles. The molecule has 17 heavy (non-hydrogen) atoms. The molecule has 1 atom stereocenters. The minimum Gasteiger partial charge on any atom is -0.327 e. The van der Waals surface area contributed by atoms with Crippen molar-refractivity contribution in [1.29, 1.82) is 0 Å². The van der Waals surface area contributed by atoms with Gasteiger partial charge in [-0.15, -0.1) is 0 Å². The number of hydrogen-bond donors (Lipinski definition) is 2. The zero-order chi connectivity index (χ0) is 12.5. The fraction of sp³-hybridized carbons (Fsp3) is 0.643. The average molecular weight is 234 g/mol. The first-order valence-electron chi connectivity index (χ1n) is 6.51. The Balaban J connectivity index is 1.96. The first kappa shape index (κ1) is 12.4. The summed E-state index contributed by atoms with van der Waals surface area (Å²) in [4.78, 5) is 12.1. The summed E-state index contributed by atoms with van der Waals surface area (Å²) < 4.78 is 0. The van der Waals surface area contributed by atoms with Crippen LogP contribution in [0.25, 0.3) is 0 Å². The van der Waals surface area contributed by atoms with Gasteiger partial charge in [0.25, 0.3) is 0 Å². The van der Waals surface area contributed by atoms with Crippen molar-refractivity contribution in [1.82, 2.24) is 5.32 Å². The second kappa shape index (κ2) is 4.65. The SMILES string of the molecule is CC1=CC=C(NC(=O)C2CCCCC2)C1(C)N. The maximum Gasteiger partial charge on any atom is 0.227 e. The molecule has 1 amide bonds. The number of amides is 1. The average Bonchev–Trinajstić information content (AvgIpc) is 2.57. The second-order valence-corrected chi connectivity index (χ2v) is 5.46. The normalized spacial score (nSPS) is 29.8. The number of carbonyl (C=O) groups is 1. The van der Waals surface area contributed by atoms with Crippen molar-refractivity contribution in [2.24, 2.45) is 11.7 Å². The topological polar surface area (TPSA) is 55.1 Å². The highest BCUT2D eigenvalue weighted by Gasteiger charge is 2.32. The summed E-state index contributed by atoms with van der Waals surface area (Å²) in [6, 6.07) is 0. The third kappa shape index (κ3) is 2.44. The van der Waals surface area contributed by atoms with Gasteiger partial charge in [-0.1, -0.05) is 25.3 Å². The molecule has 0 aromatic rings. The van der Waals surface area contributed by atoms with E-state index in [-0.39, 0.29) is 11.8 Å². The van der Waals surface area contributed by atoms with Crippen LogP contribution >= 0.6 is 0 Å². The smallest absolute Gasteiger partial charge is 0.227 e. The van der Waals surface area contributed by atoms with Gasteiger partial charge in [0.1, 0.15) is 0 Å². The van der Waals surface area contributed by atoms with Gasteiger partial charge in [0.2, 0.25) is 5.91 Å². The van der Waals surface area contributed by atoms with E-state index in [1.54, 1.807) is 0 Å². The Morgan fingerprint density at radius 2 is 2.00 bits per heavy atom. The Morgan fingerprint density at radius 1 is 1.35 bits per heavy atom. The Labute approximate surface area is 103 Å². The summed E-state index contributed by atoms with van der Waals surface area (Å²) >= 11 is 0. The van der Waals surface area contributed by atoms with Gasteiger partial charge in [-0.2, -0.15) is 0 Å². The maximum atomic E-state index is 12.1. The van der Waals surface area contributed by atoms with Crippen molar-refractivity contribution in [3.63, 3.8) is 0 Å². The zero-order valence-electron chi connectivity index (χ0n) is 10.8. The van der Waals surface area contributed by atoms with Crippen LogP contribution in [0.1, 0.15) is 46.0 Å². The molecule has 94 valence electrons. The highest BCUT2D eigenvalue weighted by molar-refractivity contribution is 5.81. The highest BCUT2D eigenvalue weighted by atomic mass is 16.1. The molecule has 0 heterocycles. The Kier molecular flexibility index (Phi) is 3.38. The zero-order valence-corrected chi connectivity index (χ0v) is 10.8. The molecule has 0 saturated heterocycles. The van der Waals surface area contributed by atoms with Crippen molar-refractivity contribution in [3.05, 3.63) is 23.4 Å².